The Labute approximate surface area is 177 Å². The molecular formula is C22H19BrN2O4. The fourth-order valence-electron chi connectivity index (χ4n) is 2.70. The van der Waals surface area contributed by atoms with E-state index in [1.807, 2.05) is 6.07 Å². The zero-order valence-corrected chi connectivity index (χ0v) is 17.4. The van der Waals surface area contributed by atoms with Crippen molar-refractivity contribution in [3.05, 3.63) is 82.3 Å². The topological polar surface area (TPSA) is 76.7 Å². The van der Waals surface area contributed by atoms with Crippen LogP contribution in [-0.2, 0) is 0 Å². The van der Waals surface area contributed by atoms with Crippen molar-refractivity contribution in [1.82, 2.24) is 0 Å². The third kappa shape index (κ3) is 4.94. The lowest BCUT2D eigenvalue weighted by molar-refractivity contribution is 0.102. The van der Waals surface area contributed by atoms with Gasteiger partial charge < -0.3 is 20.1 Å². The zero-order valence-electron chi connectivity index (χ0n) is 15.9. The van der Waals surface area contributed by atoms with E-state index in [0.717, 1.165) is 0 Å². The van der Waals surface area contributed by atoms with Gasteiger partial charge in [-0.25, -0.2) is 0 Å². The van der Waals surface area contributed by atoms with Gasteiger partial charge in [0.25, 0.3) is 11.8 Å². The number of hydrogen-bond donors (Lipinski definition) is 2. The van der Waals surface area contributed by atoms with Crippen molar-refractivity contribution >= 4 is 39.1 Å². The van der Waals surface area contributed by atoms with Crippen molar-refractivity contribution in [3.8, 4) is 11.5 Å². The maximum atomic E-state index is 12.9. The predicted molar refractivity (Wildman–Crippen MR) is 116 cm³/mol. The minimum atomic E-state index is -0.372. The lowest BCUT2D eigenvalue weighted by Crippen LogP contribution is -2.18. The van der Waals surface area contributed by atoms with Crippen LogP contribution in [-0.4, -0.2) is 26.0 Å². The summed E-state index contributed by atoms with van der Waals surface area (Å²) in [6.45, 7) is 0. The first-order valence-corrected chi connectivity index (χ1v) is 9.50. The summed E-state index contributed by atoms with van der Waals surface area (Å²) in [4.78, 5) is 25.5. The number of hydrogen-bond acceptors (Lipinski definition) is 4. The highest BCUT2D eigenvalue weighted by atomic mass is 79.9. The number of benzene rings is 3. The van der Waals surface area contributed by atoms with Gasteiger partial charge in [0.1, 0.15) is 11.5 Å². The molecule has 7 heteroatoms. The molecule has 0 fully saturated rings. The van der Waals surface area contributed by atoms with Crippen LogP contribution in [0.15, 0.2) is 71.2 Å². The summed E-state index contributed by atoms with van der Waals surface area (Å²) in [6, 6.07) is 19.0. The number of anilines is 2. The monoisotopic (exact) mass is 454 g/mol. The van der Waals surface area contributed by atoms with Crippen LogP contribution in [0, 0.1) is 0 Å². The molecule has 6 nitrogen and oxygen atoms in total. The van der Waals surface area contributed by atoms with Gasteiger partial charge in [-0.3, -0.25) is 9.59 Å². The number of rotatable bonds is 6. The normalized spacial score (nSPS) is 10.2. The number of carbonyl (C=O) groups is 2. The van der Waals surface area contributed by atoms with Gasteiger partial charge in [-0.2, -0.15) is 0 Å². The molecule has 0 saturated heterocycles. The molecule has 0 saturated carbocycles. The Kier molecular flexibility index (Phi) is 6.51. The van der Waals surface area contributed by atoms with E-state index in [9.17, 15) is 9.59 Å². The molecule has 0 heterocycles. The fraction of sp³-hybridized carbons (Fsp3) is 0.0909. The number of halogens is 1. The van der Waals surface area contributed by atoms with Crippen LogP contribution in [0.1, 0.15) is 20.7 Å². The maximum Gasteiger partial charge on any atom is 0.257 e. The van der Waals surface area contributed by atoms with Gasteiger partial charge in [0.15, 0.2) is 0 Å². The Hall–Kier alpha value is -3.32. The Balaban J connectivity index is 1.84. The molecule has 0 unspecified atom stereocenters. The molecule has 3 rings (SSSR count). The Morgan fingerprint density at radius 3 is 1.93 bits per heavy atom. The third-order valence-electron chi connectivity index (χ3n) is 4.15. The third-order valence-corrected chi connectivity index (χ3v) is 4.84. The molecule has 0 aliphatic carbocycles. The molecule has 0 spiro atoms. The quantitative estimate of drug-likeness (QED) is 0.550. The summed E-state index contributed by atoms with van der Waals surface area (Å²) in [5.41, 5.74) is 1.72. The average molecular weight is 455 g/mol. The molecule has 3 aromatic rings. The molecule has 0 bridgehead atoms. The van der Waals surface area contributed by atoms with Crippen LogP contribution in [0.3, 0.4) is 0 Å². The van der Waals surface area contributed by atoms with E-state index in [1.54, 1.807) is 60.7 Å². The number of methoxy groups -OCH3 is 2. The molecule has 3 aromatic carbocycles. The van der Waals surface area contributed by atoms with Gasteiger partial charge in [0.2, 0.25) is 0 Å². The second-order valence-electron chi connectivity index (χ2n) is 6.04. The number of ether oxygens (including phenoxy) is 2. The Bertz CT molecular complexity index is 1030. The summed E-state index contributed by atoms with van der Waals surface area (Å²) in [7, 11) is 3.07. The second-order valence-corrected chi connectivity index (χ2v) is 6.89. The summed E-state index contributed by atoms with van der Waals surface area (Å²) < 4.78 is 11.1. The minimum Gasteiger partial charge on any atom is -0.497 e. The van der Waals surface area contributed by atoms with Crippen LogP contribution in [0.2, 0.25) is 0 Å². The smallest absolute Gasteiger partial charge is 0.257 e. The molecule has 0 aliphatic heterocycles. The average Bonchev–Trinajstić information content (AvgIpc) is 2.74. The molecule has 0 radical (unpaired) electrons. The van der Waals surface area contributed by atoms with Gasteiger partial charge in [-0.05, 0) is 40.2 Å². The van der Waals surface area contributed by atoms with Crippen LogP contribution < -0.4 is 20.1 Å². The van der Waals surface area contributed by atoms with E-state index in [4.69, 9.17) is 9.47 Å². The van der Waals surface area contributed by atoms with Crippen LogP contribution in [0.5, 0.6) is 11.5 Å². The molecule has 29 heavy (non-hydrogen) atoms. The number of nitrogens with one attached hydrogen (secondary N) is 2. The van der Waals surface area contributed by atoms with E-state index in [2.05, 4.69) is 26.6 Å². The largest absolute Gasteiger partial charge is 0.497 e. The standard InChI is InChI=1S/C22H19BrN2O4/c1-28-15-11-14(12-16(13-15)29-2)24-22(27)18-8-4-6-10-20(18)25-21(26)17-7-3-5-9-19(17)23/h3-13H,1-2H3,(H,24,27)(H,25,26). The minimum absolute atomic E-state index is 0.319. The summed E-state index contributed by atoms with van der Waals surface area (Å²) in [5, 5.41) is 5.61. The Morgan fingerprint density at radius 2 is 1.31 bits per heavy atom. The summed E-state index contributed by atoms with van der Waals surface area (Å²) in [5.74, 6) is 0.412. The lowest BCUT2D eigenvalue weighted by Gasteiger charge is -2.13. The van der Waals surface area contributed by atoms with Crippen molar-refractivity contribution in [3.63, 3.8) is 0 Å². The Morgan fingerprint density at radius 1 is 0.759 bits per heavy atom. The maximum absolute atomic E-state index is 12.9. The van der Waals surface area contributed by atoms with Crippen LogP contribution in [0.25, 0.3) is 0 Å². The zero-order chi connectivity index (χ0) is 20.8. The second kappa shape index (κ2) is 9.25. The van der Waals surface area contributed by atoms with Gasteiger partial charge in [-0.15, -0.1) is 0 Å². The first kappa shape index (κ1) is 20.4. The van der Waals surface area contributed by atoms with Crippen molar-refractivity contribution in [1.29, 1.82) is 0 Å². The van der Waals surface area contributed by atoms with Gasteiger partial charge in [-0.1, -0.05) is 24.3 Å². The number of carbonyl (C=O) groups excluding carboxylic acids is 2. The van der Waals surface area contributed by atoms with Gasteiger partial charge in [0, 0.05) is 28.4 Å². The number of amides is 2. The predicted octanol–water partition coefficient (Wildman–Crippen LogP) is 4.97. The molecule has 0 atom stereocenters. The highest BCUT2D eigenvalue weighted by Gasteiger charge is 2.16. The van der Waals surface area contributed by atoms with Crippen molar-refractivity contribution < 1.29 is 19.1 Å². The van der Waals surface area contributed by atoms with E-state index < -0.39 is 0 Å². The summed E-state index contributed by atoms with van der Waals surface area (Å²) >= 11 is 3.37. The molecule has 0 aromatic heterocycles. The van der Waals surface area contributed by atoms with Crippen molar-refractivity contribution in [2.75, 3.05) is 24.9 Å². The molecule has 148 valence electrons. The van der Waals surface area contributed by atoms with E-state index in [-0.39, 0.29) is 11.8 Å². The van der Waals surface area contributed by atoms with E-state index in [0.29, 0.717) is 38.5 Å². The van der Waals surface area contributed by atoms with Crippen LogP contribution in [0.4, 0.5) is 11.4 Å². The van der Waals surface area contributed by atoms with Crippen molar-refractivity contribution in [2.45, 2.75) is 0 Å². The van der Waals surface area contributed by atoms with Crippen LogP contribution >= 0.6 is 15.9 Å². The highest BCUT2D eigenvalue weighted by molar-refractivity contribution is 9.10. The SMILES string of the molecule is COc1cc(NC(=O)c2ccccc2NC(=O)c2ccccc2Br)cc(OC)c1. The molecule has 0 aliphatic rings. The molecule has 2 N–H and O–H groups in total. The fourth-order valence-corrected chi connectivity index (χ4v) is 3.17. The molecular weight excluding hydrogens is 436 g/mol. The van der Waals surface area contributed by atoms with Crippen molar-refractivity contribution in [2.24, 2.45) is 0 Å². The highest BCUT2D eigenvalue weighted by Crippen LogP contribution is 2.27. The summed E-state index contributed by atoms with van der Waals surface area (Å²) in [6.07, 6.45) is 0. The number of para-hydroxylation sites is 1. The van der Waals surface area contributed by atoms with Gasteiger partial charge >= 0.3 is 0 Å². The first-order chi connectivity index (χ1) is 14.0. The lowest BCUT2D eigenvalue weighted by atomic mass is 10.1. The first-order valence-electron chi connectivity index (χ1n) is 8.71. The van der Waals surface area contributed by atoms with E-state index in [1.165, 1.54) is 14.2 Å². The van der Waals surface area contributed by atoms with E-state index >= 15 is 0 Å². The molecule has 2 amide bonds. The van der Waals surface area contributed by atoms with Gasteiger partial charge in [0.05, 0.1) is 31.0 Å².